The van der Waals surface area contributed by atoms with Crippen molar-refractivity contribution < 1.29 is 36.6 Å². The SMILES string of the molecule is Cc1nc(NC(C)c2cccc(C(F)F)c2F)c(C2OCCO2)c(C(C(=O)NC2(CF)CC2)C2CNCCO2)n1. The van der Waals surface area contributed by atoms with Crippen LogP contribution in [0, 0.1) is 12.7 Å². The molecule has 0 radical (unpaired) electrons. The summed E-state index contributed by atoms with van der Waals surface area (Å²) in [5, 5.41) is 9.19. The van der Waals surface area contributed by atoms with Gasteiger partial charge in [-0.25, -0.2) is 27.5 Å². The van der Waals surface area contributed by atoms with E-state index in [0.29, 0.717) is 43.9 Å². The number of hydrogen-bond acceptors (Lipinski definition) is 8. The molecular formula is C27H33F4N5O4. The largest absolute Gasteiger partial charge is 0.374 e. The highest BCUT2D eigenvalue weighted by Gasteiger charge is 2.48. The Morgan fingerprint density at radius 3 is 2.50 bits per heavy atom. The van der Waals surface area contributed by atoms with E-state index in [1.54, 1.807) is 13.8 Å². The first-order valence-electron chi connectivity index (χ1n) is 13.4. The summed E-state index contributed by atoms with van der Waals surface area (Å²) in [4.78, 5) is 22.9. The summed E-state index contributed by atoms with van der Waals surface area (Å²) in [5.74, 6) is -1.94. The second kappa shape index (κ2) is 11.9. The van der Waals surface area contributed by atoms with Gasteiger partial charge in [0.15, 0.2) is 6.29 Å². The van der Waals surface area contributed by atoms with Gasteiger partial charge in [0.25, 0.3) is 6.43 Å². The quantitative estimate of drug-likeness (QED) is 0.373. The van der Waals surface area contributed by atoms with Crippen molar-refractivity contribution in [2.75, 3.05) is 44.9 Å². The maximum Gasteiger partial charge on any atom is 0.266 e. The van der Waals surface area contributed by atoms with Crippen LogP contribution in [0.5, 0.6) is 0 Å². The van der Waals surface area contributed by atoms with Gasteiger partial charge in [0.1, 0.15) is 30.1 Å². The van der Waals surface area contributed by atoms with Crippen LogP contribution in [0.3, 0.4) is 0 Å². The highest BCUT2D eigenvalue weighted by atomic mass is 19.3. The van der Waals surface area contributed by atoms with Crippen molar-refractivity contribution in [1.82, 2.24) is 20.6 Å². The van der Waals surface area contributed by atoms with E-state index in [4.69, 9.17) is 14.2 Å². The van der Waals surface area contributed by atoms with Crippen molar-refractivity contribution in [3.05, 3.63) is 52.2 Å². The fourth-order valence-electron chi connectivity index (χ4n) is 5.11. The van der Waals surface area contributed by atoms with Gasteiger partial charge in [-0.3, -0.25) is 4.79 Å². The Balaban J connectivity index is 1.57. The fraction of sp³-hybridized carbons (Fsp3) is 0.593. The number of anilines is 1. The van der Waals surface area contributed by atoms with E-state index in [9.17, 15) is 18.0 Å². The molecule has 0 bridgehead atoms. The number of alkyl halides is 3. The maximum atomic E-state index is 15.0. The number of nitrogens with zero attached hydrogens (tertiary/aromatic N) is 2. The molecule has 3 aliphatic rings. The molecule has 1 aromatic carbocycles. The summed E-state index contributed by atoms with van der Waals surface area (Å²) in [6.07, 6.45) is -3.50. The van der Waals surface area contributed by atoms with Gasteiger partial charge in [-0.1, -0.05) is 18.2 Å². The molecule has 1 saturated carbocycles. The molecule has 3 heterocycles. The van der Waals surface area contributed by atoms with Crippen LogP contribution in [-0.4, -0.2) is 67.1 Å². The lowest BCUT2D eigenvalue weighted by Crippen LogP contribution is -2.50. The van der Waals surface area contributed by atoms with Crippen LogP contribution in [0.1, 0.15) is 72.6 Å². The molecule has 3 atom stereocenters. The van der Waals surface area contributed by atoms with E-state index in [1.165, 1.54) is 12.1 Å². The summed E-state index contributed by atoms with van der Waals surface area (Å²) < 4.78 is 73.1. The smallest absolute Gasteiger partial charge is 0.266 e. The minimum absolute atomic E-state index is 0.0163. The molecular weight excluding hydrogens is 534 g/mol. The Morgan fingerprint density at radius 1 is 1.15 bits per heavy atom. The lowest BCUT2D eigenvalue weighted by atomic mass is 9.91. The highest BCUT2D eigenvalue weighted by molar-refractivity contribution is 5.86. The van der Waals surface area contributed by atoms with Gasteiger partial charge in [0.2, 0.25) is 5.91 Å². The number of nitrogens with one attached hydrogen (secondary N) is 3. The molecule has 40 heavy (non-hydrogen) atoms. The monoisotopic (exact) mass is 567 g/mol. The summed E-state index contributed by atoms with van der Waals surface area (Å²) in [5.41, 5.74) is -0.990. The number of hydrogen-bond donors (Lipinski definition) is 3. The predicted molar refractivity (Wildman–Crippen MR) is 136 cm³/mol. The third-order valence-corrected chi connectivity index (χ3v) is 7.46. The summed E-state index contributed by atoms with van der Waals surface area (Å²) >= 11 is 0. The average Bonchev–Trinajstić information content (AvgIpc) is 3.49. The second-order valence-electron chi connectivity index (χ2n) is 10.4. The molecule has 3 N–H and O–H groups in total. The molecule has 2 aromatic rings. The summed E-state index contributed by atoms with van der Waals surface area (Å²) in [6.45, 7) is 4.44. The van der Waals surface area contributed by atoms with Gasteiger partial charge >= 0.3 is 0 Å². The lowest BCUT2D eigenvalue weighted by molar-refractivity contribution is -0.128. The summed E-state index contributed by atoms with van der Waals surface area (Å²) in [6, 6.07) is 3.02. The number of morpholine rings is 1. The van der Waals surface area contributed by atoms with E-state index in [-0.39, 0.29) is 30.3 Å². The molecule has 1 aliphatic carbocycles. The molecule has 3 unspecified atom stereocenters. The van der Waals surface area contributed by atoms with Crippen LogP contribution in [0.15, 0.2) is 18.2 Å². The van der Waals surface area contributed by atoms with E-state index in [0.717, 1.165) is 6.07 Å². The number of rotatable bonds is 10. The van der Waals surface area contributed by atoms with Crippen LogP contribution >= 0.6 is 0 Å². The van der Waals surface area contributed by atoms with Gasteiger partial charge < -0.3 is 30.2 Å². The summed E-state index contributed by atoms with van der Waals surface area (Å²) in [7, 11) is 0. The van der Waals surface area contributed by atoms with Crippen LogP contribution < -0.4 is 16.0 Å². The highest BCUT2D eigenvalue weighted by Crippen LogP contribution is 2.40. The zero-order chi connectivity index (χ0) is 28.4. The van der Waals surface area contributed by atoms with Gasteiger partial charge in [-0.05, 0) is 26.7 Å². The van der Waals surface area contributed by atoms with Crippen LogP contribution in [0.4, 0.5) is 23.4 Å². The molecule has 1 amide bonds. The first-order chi connectivity index (χ1) is 19.2. The second-order valence-corrected chi connectivity index (χ2v) is 10.4. The maximum absolute atomic E-state index is 15.0. The molecule has 218 valence electrons. The number of benzene rings is 1. The van der Waals surface area contributed by atoms with Gasteiger partial charge in [0, 0.05) is 18.7 Å². The van der Waals surface area contributed by atoms with Gasteiger partial charge in [0.05, 0.1) is 54.3 Å². The van der Waals surface area contributed by atoms with Crippen molar-refractivity contribution in [2.45, 2.75) is 63.0 Å². The topological polar surface area (TPSA) is 107 Å². The number of ether oxygens (including phenoxy) is 3. The van der Waals surface area contributed by atoms with Crippen molar-refractivity contribution in [3.63, 3.8) is 0 Å². The van der Waals surface area contributed by atoms with E-state index >= 15 is 4.39 Å². The first kappa shape index (κ1) is 28.7. The van der Waals surface area contributed by atoms with Crippen LogP contribution in [0.2, 0.25) is 0 Å². The van der Waals surface area contributed by atoms with Gasteiger partial charge in [-0.2, -0.15) is 0 Å². The van der Waals surface area contributed by atoms with E-state index in [2.05, 4.69) is 25.9 Å². The molecule has 1 aromatic heterocycles. The molecule has 13 heteroatoms. The Hall–Kier alpha value is -2.87. The van der Waals surface area contributed by atoms with Crippen molar-refractivity contribution >= 4 is 11.7 Å². The first-order valence-corrected chi connectivity index (χ1v) is 13.4. The minimum Gasteiger partial charge on any atom is -0.374 e. The van der Waals surface area contributed by atoms with E-state index in [1.807, 2.05) is 0 Å². The molecule has 0 spiro atoms. The molecule has 5 rings (SSSR count). The van der Waals surface area contributed by atoms with Crippen LogP contribution in [-0.2, 0) is 19.0 Å². The Bertz CT molecular complexity index is 1220. The lowest BCUT2D eigenvalue weighted by Gasteiger charge is -2.33. The number of halogens is 4. The fourth-order valence-corrected chi connectivity index (χ4v) is 5.11. The molecule has 9 nitrogen and oxygen atoms in total. The van der Waals surface area contributed by atoms with Crippen molar-refractivity contribution in [1.29, 1.82) is 0 Å². The van der Waals surface area contributed by atoms with Gasteiger partial charge in [-0.15, -0.1) is 0 Å². The number of carbonyl (C=O) groups excluding carboxylic acids is 1. The number of amides is 1. The molecule has 3 fully saturated rings. The Labute approximate surface area is 229 Å². The number of aryl methyl sites for hydroxylation is 1. The molecule has 2 saturated heterocycles. The zero-order valence-corrected chi connectivity index (χ0v) is 22.3. The third kappa shape index (κ3) is 5.92. The standard InChI is InChI=1S/C27H33F4N5O4/c1-14(16-4-3-5-17(21(16)29)23(30)31)33-24-20(26-39-10-11-40-26)22(34-15(2)35-24)19(18-12-32-8-9-38-18)25(37)36-27(13-28)6-7-27/h3-5,14,18-19,23,26,32H,6-13H2,1-2H3,(H,36,37)(H,33,34,35). The normalized spacial score (nSPS) is 22.2. The van der Waals surface area contributed by atoms with Crippen LogP contribution in [0.25, 0.3) is 0 Å². The van der Waals surface area contributed by atoms with E-state index < -0.39 is 60.3 Å². The minimum atomic E-state index is -2.97. The zero-order valence-electron chi connectivity index (χ0n) is 22.3. The van der Waals surface area contributed by atoms with Crippen molar-refractivity contribution in [3.8, 4) is 0 Å². The Morgan fingerprint density at radius 2 is 1.88 bits per heavy atom. The molecule has 2 aliphatic heterocycles. The average molecular weight is 568 g/mol. The van der Waals surface area contributed by atoms with Crippen molar-refractivity contribution in [2.24, 2.45) is 0 Å². The predicted octanol–water partition coefficient (Wildman–Crippen LogP) is 3.77. The number of aromatic nitrogens is 2. The Kier molecular flexibility index (Phi) is 8.55. The number of carbonyl (C=O) groups is 1. The third-order valence-electron chi connectivity index (χ3n) is 7.46.